The number of amides is 1. The largest absolute Gasteiger partial charge is 0.358 e. The summed E-state index contributed by atoms with van der Waals surface area (Å²) < 4.78 is 1.74. The summed E-state index contributed by atoms with van der Waals surface area (Å²) in [7, 11) is 1.86. The maximum absolute atomic E-state index is 12.9. The molecule has 154 valence electrons. The van der Waals surface area contributed by atoms with Crippen molar-refractivity contribution in [1.82, 2.24) is 19.7 Å². The molecule has 7 nitrogen and oxygen atoms in total. The van der Waals surface area contributed by atoms with Crippen LogP contribution >= 0.6 is 11.3 Å². The van der Waals surface area contributed by atoms with Crippen molar-refractivity contribution in [3.05, 3.63) is 62.5 Å². The van der Waals surface area contributed by atoms with Crippen LogP contribution in [0.2, 0.25) is 0 Å². The number of carbonyl (C=O) groups is 1. The molecule has 0 aliphatic rings. The second kappa shape index (κ2) is 7.87. The molecule has 4 aromatic rings. The van der Waals surface area contributed by atoms with Crippen LogP contribution in [0.15, 0.2) is 34.6 Å². The zero-order chi connectivity index (χ0) is 21.4. The van der Waals surface area contributed by atoms with Crippen LogP contribution < -0.4 is 10.7 Å². The zero-order valence-corrected chi connectivity index (χ0v) is 18.2. The number of anilines is 1. The van der Waals surface area contributed by atoms with Crippen molar-refractivity contribution in [2.45, 2.75) is 33.6 Å². The zero-order valence-electron chi connectivity index (χ0n) is 17.4. The number of rotatable bonds is 5. The van der Waals surface area contributed by atoms with Gasteiger partial charge in [0.2, 0.25) is 5.91 Å². The van der Waals surface area contributed by atoms with E-state index in [1.807, 2.05) is 57.6 Å². The van der Waals surface area contributed by atoms with Crippen LogP contribution in [0.4, 0.5) is 5.13 Å². The molecule has 0 aliphatic carbocycles. The molecule has 1 aromatic carbocycles. The van der Waals surface area contributed by atoms with Crippen LogP contribution in [0.3, 0.4) is 0 Å². The van der Waals surface area contributed by atoms with Crippen molar-refractivity contribution in [2.24, 2.45) is 7.05 Å². The van der Waals surface area contributed by atoms with Crippen molar-refractivity contribution in [2.75, 3.05) is 5.32 Å². The van der Waals surface area contributed by atoms with E-state index in [4.69, 9.17) is 0 Å². The average Bonchev–Trinajstić information content (AvgIpc) is 3.28. The molecular weight excluding hydrogens is 398 g/mol. The van der Waals surface area contributed by atoms with Crippen LogP contribution in [0.25, 0.3) is 22.2 Å². The number of aromatic nitrogens is 4. The Balaban J connectivity index is 1.47. The van der Waals surface area contributed by atoms with Crippen LogP contribution in [-0.4, -0.2) is 25.7 Å². The number of benzene rings is 1. The number of nitrogens with zero attached hydrogens (tertiary/aromatic N) is 3. The fourth-order valence-corrected chi connectivity index (χ4v) is 4.37. The van der Waals surface area contributed by atoms with Gasteiger partial charge in [0, 0.05) is 47.3 Å². The van der Waals surface area contributed by atoms with E-state index in [0.717, 1.165) is 33.7 Å². The van der Waals surface area contributed by atoms with Crippen molar-refractivity contribution in [1.29, 1.82) is 0 Å². The highest BCUT2D eigenvalue weighted by Gasteiger charge is 2.14. The molecule has 3 heterocycles. The van der Waals surface area contributed by atoms with Crippen LogP contribution in [0.1, 0.15) is 28.9 Å². The highest BCUT2D eigenvalue weighted by atomic mass is 32.1. The Labute approximate surface area is 177 Å². The number of hydrogen-bond acceptors (Lipinski definition) is 5. The molecule has 8 heteroatoms. The van der Waals surface area contributed by atoms with E-state index in [-0.39, 0.29) is 17.8 Å². The van der Waals surface area contributed by atoms with Crippen molar-refractivity contribution >= 4 is 33.3 Å². The Morgan fingerprint density at radius 3 is 2.80 bits per heavy atom. The van der Waals surface area contributed by atoms with Gasteiger partial charge in [0.05, 0.1) is 16.9 Å². The lowest BCUT2D eigenvalue weighted by Gasteiger charge is -2.09. The number of thiazole rings is 1. The molecule has 0 bridgehead atoms. The normalized spacial score (nSPS) is 11.2. The summed E-state index contributed by atoms with van der Waals surface area (Å²) in [4.78, 5) is 33.2. The monoisotopic (exact) mass is 421 g/mol. The summed E-state index contributed by atoms with van der Waals surface area (Å²) in [6, 6.07) is 5.67. The Bertz CT molecular complexity index is 1320. The maximum atomic E-state index is 12.9. The number of pyridine rings is 1. The predicted molar refractivity (Wildman–Crippen MR) is 120 cm³/mol. The van der Waals surface area contributed by atoms with E-state index in [1.165, 1.54) is 11.3 Å². The highest BCUT2D eigenvalue weighted by Crippen LogP contribution is 2.27. The Kier molecular flexibility index (Phi) is 5.26. The van der Waals surface area contributed by atoms with Gasteiger partial charge in [-0.2, -0.15) is 5.10 Å². The van der Waals surface area contributed by atoms with E-state index in [0.29, 0.717) is 22.5 Å². The standard InChI is InChI=1S/C22H23N5O2S/c1-12-6-5-7-16-20(12)23-13(2)15(21(16)29)8-9-19(28)25-22-24-18(11-30-22)17-10-27(4)26-14(17)3/h5-7,10-11H,8-9H2,1-4H3,(H,23,29)(H,24,25,28). The SMILES string of the molecule is Cc1nn(C)cc1-c1csc(NC(=O)CCc2c(C)[nH]c3c(C)cccc3c2=O)n1. The minimum Gasteiger partial charge on any atom is -0.358 e. The van der Waals surface area contributed by atoms with Gasteiger partial charge in [-0.25, -0.2) is 4.98 Å². The van der Waals surface area contributed by atoms with Gasteiger partial charge in [-0.05, 0) is 38.8 Å². The number of nitrogens with one attached hydrogen (secondary N) is 2. The van der Waals surface area contributed by atoms with E-state index in [9.17, 15) is 9.59 Å². The van der Waals surface area contributed by atoms with Crippen molar-refractivity contribution in [3.63, 3.8) is 0 Å². The minimum absolute atomic E-state index is 0.0127. The molecule has 3 aromatic heterocycles. The molecule has 4 rings (SSSR count). The van der Waals surface area contributed by atoms with Gasteiger partial charge in [-0.15, -0.1) is 11.3 Å². The molecule has 0 saturated heterocycles. The molecule has 0 atom stereocenters. The van der Waals surface area contributed by atoms with E-state index in [1.54, 1.807) is 4.68 Å². The predicted octanol–water partition coefficient (Wildman–Crippen LogP) is 3.88. The lowest BCUT2D eigenvalue weighted by molar-refractivity contribution is -0.116. The molecule has 0 aliphatic heterocycles. The van der Waals surface area contributed by atoms with Gasteiger partial charge in [0.1, 0.15) is 0 Å². The number of H-pyrrole nitrogens is 1. The van der Waals surface area contributed by atoms with E-state index in [2.05, 4.69) is 20.4 Å². The van der Waals surface area contributed by atoms with Gasteiger partial charge >= 0.3 is 0 Å². The van der Waals surface area contributed by atoms with Crippen LogP contribution in [-0.2, 0) is 18.3 Å². The second-order valence-electron chi connectivity index (χ2n) is 7.44. The summed E-state index contributed by atoms with van der Waals surface area (Å²) in [6.45, 7) is 5.78. The molecule has 0 saturated carbocycles. The van der Waals surface area contributed by atoms with E-state index < -0.39 is 0 Å². The minimum atomic E-state index is -0.165. The van der Waals surface area contributed by atoms with Gasteiger partial charge in [0.15, 0.2) is 10.6 Å². The first-order valence-corrected chi connectivity index (χ1v) is 10.6. The molecule has 0 spiro atoms. The summed E-state index contributed by atoms with van der Waals surface area (Å²) in [5.74, 6) is -0.165. The fraction of sp³-hybridized carbons (Fsp3) is 0.273. The van der Waals surface area contributed by atoms with Crippen molar-refractivity contribution < 1.29 is 4.79 Å². The summed E-state index contributed by atoms with van der Waals surface area (Å²) in [5.41, 5.74) is 5.95. The van der Waals surface area contributed by atoms with E-state index >= 15 is 0 Å². The summed E-state index contributed by atoms with van der Waals surface area (Å²) in [5, 5.41) is 10.3. The number of hydrogen-bond donors (Lipinski definition) is 2. The number of para-hydroxylation sites is 1. The number of aryl methyl sites for hydroxylation is 4. The number of carbonyl (C=O) groups excluding carboxylic acids is 1. The van der Waals surface area contributed by atoms with Gasteiger partial charge in [0.25, 0.3) is 0 Å². The highest BCUT2D eigenvalue weighted by molar-refractivity contribution is 7.14. The second-order valence-corrected chi connectivity index (χ2v) is 8.30. The lowest BCUT2D eigenvalue weighted by Crippen LogP contribution is -2.18. The number of fused-ring (bicyclic) bond motifs is 1. The first-order chi connectivity index (χ1) is 14.3. The lowest BCUT2D eigenvalue weighted by atomic mass is 10.0. The number of aromatic amines is 1. The topological polar surface area (TPSA) is 92.7 Å². The Morgan fingerprint density at radius 2 is 2.07 bits per heavy atom. The Morgan fingerprint density at radius 1 is 1.27 bits per heavy atom. The third-order valence-electron chi connectivity index (χ3n) is 5.20. The molecule has 0 fully saturated rings. The summed E-state index contributed by atoms with van der Waals surface area (Å²) >= 11 is 1.37. The first kappa shape index (κ1) is 20.0. The Hall–Kier alpha value is -3.26. The molecule has 1 amide bonds. The molecule has 2 N–H and O–H groups in total. The molecular formula is C22H23N5O2S. The van der Waals surface area contributed by atoms with Crippen LogP contribution in [0, 0.1) is 20.8 Å². The van der Waals surface area contributed by atoms with Gasteiger partial charge in [-0.1, -0.05) is 12.1 Å². The first-order valence-electron chi connectivity index (χ1n) is 9.70. The molecule has 30 heavy (non-hydrogen) atoms. The smallest absolute Gasteiger partial charge is 0.226 e. The third-order valence-corrected chi connectivity index (χ3v) is 5.96. The third kappa shape index (κ3) is 3.78. The summed E-state index contributed by atoms with van der Waals surface area (Å²) in [6.07, 6.45) is 2.49. The van der Waals surface area contributed by atoms with Gasteiger partial charge < -0.3 is 10.3 Å². The molecule has 0 unspecified atom stereocenters. The van der Waals surface area contributed by atoms with Crippen LogP contribution in [0.5, 0.6) is 0 Å². The fourth-order valence-electron chi connectivity index (χ4n) is 3.65. The van der Waals surface area contributed by atoms with Gasteiger partial charge in [-0.3, -0.25) is 14.3 Å². The maximum Gasteiger partial charge on any atom is 0.226 e. The average molecular weight is 422 g/mol. The molecule has 0 radical (unpaired) electrons. The van der Waals surface area contributed by atoms with Crippen molar-refractivity contribution in [3.8, 4) is 11.3 Å². The quantitative estimate of drug-likeness (QED) is 0.511.